The second-order valence-electron chi connectivity index (χ2n) is 15.2. The average Bonchev–Trinajstić information content (AvgIpc) is 3.22. The lowest BCUT2D eigenvalue weighted by atomic mass is 9.40. The van der Waals surface area contributed by atoms with Crippen molar-refractivity contribution in [2.45, 2.75) is 131 Å². The number of aliphatic hydroxyl groups is 1. The zero-order valence-electron chi connectivity index (χ0n) is 25.0. The van der Waals surface area contributed by atoms with Crippen molar-refractivity contribution in [1.82, 2.24) is 0 Å². The fraction of sp³-hybridized carbons (Fsp3) is 0.829. The number of aliphatic hydroxyl groups excluding tert-OH is 1. The highest BCUT2D eigenvalue weighted by Gasteiger charge is 2.64. The Morgan fingerprint density at radius 1 is 0.946 bits per heavy atom. The van der Waals surface area contributed by atoms with Gasteiger partial charge in [0.1, 0.15) is 0 Å². The number of benzene rings is 1. The maximum atomic E-state index is 11.5. The van der Waals surface area contributed by atoms with E-state index in [0.717, 1.165) is 48.1 Å². The summed E-state index contributed by atoms with van der Waals surface area (Å²) in [7, 11) is 0. The number of unbranched alkanes of at least 4 members (excludes halogenated alkanes) is 2. The van der Waals surface area contributed by atoms with Crippen LogP contribution in [0.5, 0.6) is 0 Å². The molecule has 4 aliphatic carbocycles. The number of nitrogen functional groups attached to an aromatic ring is 1. The van der Waals surface area contributed by atoms with Crippen LogP contribution in [0.2, 0.25) is 0 Å². The quantitative estimate of drug-likeness (QED) is 0.286. The van der Waals surface area contributed by atoms with Crippen LogP contribution in [0.3, 0.4) is 0 Å². The lowest BCUT2D eigenvalue weighted by Gasteiger charge is -2.65. The number of hydrogen-bond acceptors (Lipinski definition) is 2. The zero-order valence-corrected chi connectivity index (χ0v) is 25.0. The van der Waals surface area contributed by atoms with E-state index in [1.165, 1.54) is 81.8 Å². The van der Waals surface area contributed by atoms with Crippen LogP contribution < -0.4 is 5.73 Å². The van der Waals surface area contributed by atoms with Gasteiger partial charge in [-0.05, 0) is 123 Å². The van der Waals surface area contributed by atoms with Gasteiger partial charge < -0.3 is 10.8 Å². The van der Waals surface area contributed by atoms with Gasteiger partial charge in [-0.25, -0.2) is 0 Å². The van der Waals surface area contributed by atoms with E-state index >= 15 is 0 Å². The van der Waals surface area contributed by atoms with E-state index < -0.39 is 0 Å². The van der Waals surface area contributed by atoms with Gasteiger partial charge in [0.2, 0.25) is 0 Å². The summed E-state index contributed by atoms with van der Waals surface area (Å²) in [4.78, 5) is 0. The van der Waals surface area contributed by atoms with Gasteiger partial charge in [0.25, 0.3) is 0 Å². The largest absolute Gasteiger partial charge is 0.399 e. The molecule has 4 saturated carbocycles. The lowest BCUT2D eigenvalue weighted by Crippen LogP contribution is -2.60. The molecular formula is C35H57NO. The second kappa shape index (κ2) is 10.2. The highest BCUT2D eigenvalue weighted by atomic mass is 16.3. The maximum Gasteiger partial charge on any atom is 0.0600 e. The van der Waals surface area contributed by atoms with Crippen molar-refractivity contribution in [3.05, 3.63) is 29.3 Å². The maximum absolute atomic E-state index is 11.5. The molecule has 0 aromatic heterocycles. The predicted molar refractivity (Wildman–Crippen MR) is 157 cm³/mol. The van der Waals surface area contributed by atoms with Gasteiger partial charge in [0.15, 0.2) is 0 Å². The first kappa shape index (κ1) is 27.5. The number of fused-ring (bicyclic) bond motifs is 5. The number of rotatable bonds is 7. The van der Waals surface area contributed by atoms with Crippen LogP contribution in [0.1, 0.15) is 123 Å². The molecule has 0 heterocycles. The fourth-order valence-electron chi connectivity index (χ4n) is 11.3. The molecular weight excluding hydrogens is 450 g/mol. The minimum Gasteiger partial charge on any atom is -0.399 e. The normalized spacial score (nSPS) is 44.1. The van der Waals surface area contributed by atoms with E-state index in [1.807, 2.05) is 0 Å². The third-order valence-electron chi connectivity index (χ3n) is 13.3. The van der Waals surface area contributed by atoms with Crippen molar-refractivity contribution in [2.24, 2.45) is 51.8 Å². The Hall–Kier alpha value is -1.02. The molecule has 3 N–H and O–H groups in total. The van der Waals surface area contributed by atoms with Crippen LogP contribution in [-0.2, 0) is 6.42 Å². The standard InChI is InChI=1S/C35H57NO/c1-7-8-9-10-24(3)27-13-14-28-26-12-16-31-34(5,29(26)17-19-33(27,28)4)20-18-32(37)35(31,6)22-25-21-23(2)11-15-30(25)36/h11,15,21,24,26-29,31-32,37H,7-10,12-14,16-20,22,36H2,1-6H3. The molecule has 0 aliphatic heterocycles. The highest BCUT2D eigenvalue weighted by Crippen LogP contribution is 2.70. The summed E-state index contributed by atoms with van der Waals surface area (Å²) in [6.45, 7) is 14.9. The molecule has 10 unspecified atom stereocenters. The van der Waals surface area contributed by atoms with Crippen LogP contribution in [0.15, 0.2) is 18.2 Å². The van der Waals surface area contributed by atoms with Crippen molar-refractivity contribution in [3.8, 4) is 0 Å². The number of aryl methyl sites for hydroxylation is 1. The monoisotopic (exact) mass is 507 g/mol. The minimum absolute atomic E-state index is 0.0906. The molecule has 0 radical (unpaired) electrons. The first-order chi connectivity index (χ1) is 17.5. The summed E-state index contributed by atoms with van der Waals surface area (Å²) in [5.41, 5.74) is 10.7. The number of hydrogen-bond donors (Lipinski definition) is 2. The van der Waals surface area contributed by atoms with Crippen molar-refractivity contribution in [1.29, 1.82) is 0 Å². The van der Waals surface area contributed by atoms with Gasteiger partial charge in [-0.15, -0.1) is 0 Å². The molecule has 0 saturated heterocycles. The Morgan fingerprint density at radius 2 is 1.68 bits per heavy atom. The molecule has 4 fully saturated rings. The predicted octanol–water partition coefficient (Wildman–Crippen LogP) is 8.97. The summed E-state index contributed by atoms with van der Waals surface area (Å²) in [5, 5.41) is 11.5. The first-order valence-electron chi connectivity index (χ1n) is 16.1. The van der Waals surface area contributed by atoms with E-state index in [-0.39, 0.29) is 11.5 Å². The second-order valence-corrected chi connectivity index (χ2v) is 15.2. The third-order valence-corrected chi connectivity index (χ3v) is 13.3. The number of nitrogens with two attached hydrogens (primary N) is 1. The summed E-state index contributed by atoms with van der Waals surface area (Å²) < 4.78 is 0. The van der Waals surface area contributed by atoms with E-state index in [0.29, 0.717) is 16.7 Å². The van der Waals surface area contributed by atoms with Crippen molar-refractivity contribution in [2.75, 3.05) is 5.73 Å². The molecule has 2 nitrogen and oxygen atoms in total. The number of anilines is 1. The molecule has 0 bridgehead atoms. The Bertz CT molecular complexity index is 957. The smallest absolute Gasteiger partial charge is 0.0600 e. The minimum atomic E-state index is -0.226. The SMILES string of the molecule is CCCCCC(C)C1CCC2C3CCC4C(C)(Cc5cc(C)ccc5N)C(O)CCC4(C)C3CCC12C. The van der Waals surface area contributed by atoms with Crippen molar-refractivity contribution in [3.63, 3.8) is 0 Å². The lowest BCUT2D eigenvalue weighted by molar-refractivity contribution is -0.184. The van der Waals surface area contributed by atoms with Crippen molar-refractivity contribution >= 4 is 5.69 Å². The molecule has 208 valence electrons. The molecule has 37 heavy (non-hydrogen) atoms. The molecule has 0 amide bonds. The van der Waals surface area contributed by atoms with Gasteiger partial charge in [0.05, 0.1) is 6.10 Å². The Kier molecular flexibility index (Phi) is 7.58. The highest BCUT2D eigenvalue weighted by molar-refractivity contribution is 5.49. The van der Waals surface area contributed by atoms with E-state index in [2.05, 4.69) is 59.7 Å². The molecule has 4 aliphatic rings. The average molecular weight is 508 g/mol. The van der Waals surface area contributed by atoms with Crippen LogP contribution in [0.25, 0.3) is 0 Å². The van der Waals surface area contributed by atoms with Crippen LogP contribution in [-0.4, -0.2) is 11.2 Å². The Labute approximate surface area is 228 Å². The first-order valence-corrected chi connectivity index (χ1v) is 16.1. The zero-order chi connectivity index (χ0) is 26.6. The molecule has 5 rings (SSSR count). The van der Waals surface area contributed by atoms with Gasteiger partial charge in [-0.3, -0.25) is 0 Å². The van der Waals surface area contributed by atoms with Gasteiger partial charge >= 0.3 is 0 Å². The van der Waals surface area contributed by atoms with E-state index in [4.69, 9.17) is 5.73 Å². The Morgan fingerprint density at radius 3 is 2.43 bits per heavy atom. The van der Waals surface area contributed by atoms with Crippen molar-refractivity contribution < 1.29 is 5.11 Å². The summed E-state index contributed by atoms with van der Waals surface area (Å²) >= 11 is 0. The third kappa shape index (κ3) is 4.50. The molecule has 1 aromatic rings. The van der Waals surface area contributed by atoms with E-state index in [1.54, 1.807) is 0 Å². The van der Waals surface area contributed by atoms with Crippen LogP contribution in [0, 0.1) is 58.7 Å². The fourth-order valence-corrected chi connectivity index (χ4v) is 11.3. The molecule has 1 aromatic carbocycles. The van der Waals surface area contributed by atoms with E-state index in [9.17, 15) is 5.11 Å². The summed E-state index contributed by atoms with van der Waals surface area (Å²) in [6, 6.07) is 6.46. The van der Waals surface area contributed by atoms with Crippen LogP contribution in [0.4, 0.5) is 5.69 Å². The molecule has 2 heteroatoms. The summed E-state index contributed by atoms with van der Waals surface area (Å²) in [5.74, 6) is 5.06. The Balaban J connectivity index is 1.38. The molecule has 10 atom stereocenters. The summed E-state index contributed by atoms with van der Waals surface area (Å²) in [6.07, 6.45) is 16.9. The molecule has 0 spiro atoms. The topological polar surface area (TPSA) is 46.2 Å². The van der Waals surface area contributed by atoms with Crippen LogP contribution >= 0.6 is 0 Å². The van der Waals surface area contributed by atoms with Gasteiger partial charge in [-0.1, -0.05) is 78.0 Å². The van der Waals surface area contributed by atoms with Gasteiger partial charge in [-0.2, -0.15) is 0 Å². The van der Waals surface area contributed by atoms with Gasteiger partial charge in [0, 0.05) is 11.1 Å².